The van der Waals surface area contributed by atoms with Gasteiger partial charge in [-0.15, -0.1) is 0 Å². The summed E-state index contributed by atoms with van der Waals surface area (Å²) in [5, 5.41) is 4.42. The van der Waals surface area contributed by atoms with Crippen molar-refractivity contribution in [1.82, 2.24) is 4.98 Å². The van der Waals surface area contributed by atoms with E-state index in [1.165, 1.54) is 6.08 Å². The minimum atomic E-state index is -0.361. The number of aromatic nitrogens is 1. The maximum atomic E-state index is 11.9. The van der Waals surface area contributed by atoms with E-state index in [2.05, 4.69) is 10.3 Å². The molecule has 0 bridgehead atoms. The molecule has 0 unspecified atom stereocenters. The fourth-order valence-corrected chi connectivity index (χ4v) is 2.45. The number of fused-ring (bicyclic) bond motifs is 1. The van der Waals surface area contributed by atoms with E-state index in [-0.39, 0.29) is 5.97 Å². The van der Waals surface area contributed by atoms with E-state index in [9.17, 15) is 4.79 Å². The highest BCUT2D eigenvalue weighted by molar-refractivity contribution is 5.99. The van der Waals surface area contributed by atoms with Crippen molar-refractivity contribution in [3.05, 3.63) is 72.4 Å². The highest BCUT2D eigenvalue weighted by Crippen LogP contribution is 2.26. The van der Waals surface area contributed by atoms with Gasteiger partial charge in [0.15, 0.2) is 0 Å². The zero-order valence-electron chi connectivity index (χ0n) is 12.9. The van der Waals surface area contributed by atoms with E-state index in [4.69, 9.17) is 4.74 Å². The Morgan fingerprint density at radius 2 is 1.96 bits per heavy atom. The molecule has 0 aliphatic rings. The van der Waals surface area contributed by atoms with Crippen LogP contribution in [-0.4, -0.2) is 17.6 Å². The van der Waals surface area contributed by atoms with Crippen LogP contribution in [0.5, 0.6) is 0 Å². The third kappa shape index (κ3) is 3.43. The predicted molar refractivity (Wildman–Crippen MR) is 93.0 cm³/mol. The number of carbonyl (C=O) groups excluding carboxylic acids is 1. The van der Waals surface area contributed by atoms with Crippen molar-refractivity contribution < 1.29 is 9.53 Å². The number of benzene rings is 2. The molecule has 3 rings (SSSR count). The van der Waals surface area contributed by atoms with Crippen LogP contribution in [0.3, 0.4) is 0 Å². The van der Waals surface area contributed by atoms with Crippen LogP contribution in [0, 0.1) is 0 Å². The Morgan fingerprint density at radius 3 is 2.74 bits per heavy atom. The summed E-state index contributed by atoms with van der Waals surface area (Å²) in [4.78, 5) is 15.1. The number of H-pyrrole nitrogens is 1. The van der Waals surface area contributed by atoms with Gasteiger partial charge in [-0.2, -0.15) is 0 Å². The summed E-state index contributed by atoms with van der Waals surface area (Å²) in [6, 6.07) is 17.7. The van der Waals surface area contributed by atoms with Crippen LogP contribution >= 0.6 is 0 Å². The summed E-state index contributed by atoms with van der Waals surface area (Å²) in [7, 11) is 0. The van der Waals surface area contributed by atoms with Gasteiger partial charge in [-0.3, -0.25) is 0 Å². The van der Waals surface area contributed by atoms with E-state index in [0.29, 0.717) is 12.3 Å². The van der Waals surface area contributed by atoms with Crippen LogP contribution in [0.25, 0.3) is 16.6 Å². The van der Waals surface area contributed by atoms with Crippen LogP contribution in [0.1, 0.15) is 12.5 Å². The second-order valence-electron chi connectivity index (χ2n) is 5.05. The van der Waals surface area contributed by atoms with Gasteiger partial charge >= 0.3 is 5.97 Å². The Hall–Kier alpha value is -3.01. The number of hydrogen-bond acceptors (Lipinski definition) is 3. The molecule has 23 heavy (non-hydrogen) atoms. The molecule has 0 aliphatic carbocycles. The molecule has 1 aromatic heterocycles. The summed E-state index contributed by atoms with van der Waals surface area (Å²) in [6.45, 7) is 2.15. The molecule has 0 amide bonds. The third-order valence-corrected chi connectivity index (χ3v) is 3.50. The molecule has 1 heterocycles. The van der Waals surface area contributed by atoms with Crippen LogP contribution in [0.15, 0.2) is 66.9 Å². The number of anilines is 1. The molecule has 0 saturated heterocycles. The second-order valence-corrected chi connectivity index (χ2v) is 5.05. The predicted octanol–water partition coefficient (Wildman–Crippen LogP) is 4.18. The van der Waals surface area contributed by atoms with Gasteiger partial charge in [-0.25, -0.2) is 4.79 Å². The second kappa shape index (κ2) is 6.83. The number of carbonyl (C=O) groups is 1. The highest BCUT2D eigenvalue weighted by Gasteiger charge is 2.08. The Balaban J connectivity index is 1.99. The average molecular weight is 306 g/mol. The first-order chi connectivity index (χ1) is 11.3. The fourth-order valence-electron chi connectivity index (χ4n) is 2.45. The first-order valence-electron chi connectivity index (χ1n) is 7.55. The van der Waals surface area contributed by atoms with Crippen LogP contribution in [0.2, 0.25) is 0 Å². The van der Waals surface area contributed by atoms with Crippen molar-refractivity contribution in [2.75, 3.05) is 11.9 Å². The molecule has 0 aliphatic heterocycles. The molecular formula is C19H18N2O2. The summed E-state index contributed by atoms with van der Waals surface area (Å²) < 4.78 is 5.04. The zero-order valence-corrected chi connectivity index (χ0v) is 12.9. The SMILES string of the molecule is CCOC(=O)/C=C(/Nc1cccc2[nH]ccc12)c1ccccc1. The molecule has 0 spiro atoms. The number of ether oxygens (including phenoxy) is 1. The number of nitrogens with one attached hydrogen (secondary N) is 2. The van der Waals surface area contributed by atoms with Gasteiger partial charge in [-0.05, 0) is 30.7 Å². The lowest BCUT2D eigenvalue weighted by Gasteiger charge is -2.12. The van der Waals surface area contributed by atoms with E-state index in [0.717, 1.165) is 22.2 Å². The maximum absolute atomic E-state index is 11.9. The number of esters is 1. The summed E-state index contributed by atoms with van der Waals surface area (Å²) in [6.07, 6.45) is 3.39. The molecule has 4 nitrogen and oxygen atoms in total. The van der Waals surface area contributed by atoms with Crippen LogP contribution in [-0.2, 0) is 9.53 Å². The van der Waals surface area contributed by atoms with Crippen molar-refractivity contribution >= 4 is 28.3 Å². The topological polar surface area (TPSA) is 54.1 Å². The molecule has 0 radical (unpaired) electrons. The van der Waals surface area contributed by atoms with Gasteiger partial charge < -0.3 is 15.0 Å². The monoisotopic (exact) mass is 306 g/mol. The van der Waals surface area contributed by atoms with Crippen molar-refractivity contribution in [2.24, 2.45) is 0 Å². The van der Waals surface area contributed by atoms with Crippen LogP contribution < -0.4 is 5.32 Å². The normalized spacial score (nSPS) is 11.4. The van der Waals surface area contributed by atoms with Gasteiger partial charge in [0, 0.05) is 28.9 Å². The highest BCUT2D eigenvalue weighted by atomic mass is 16.5. The van der Waals surface area contributed by atoms with Gasteiger partial charge in [0.1, 0.15) is 0 Å². The average Bonchev–Trinajstić information content (AvgIpc) is 3.05. The lowest BCUT2D eigenvalue weighted by molar-refractivity contribution is -0.137. The van der Waals surface area contributed by atoms with Gasteiger partial charge in [0.25, 0.3) is 0 Å². The smallest absolute Gasteiger partial charge is 0.332 e. The van der Waals surface area contributed by atoms with Gasteiger partial charge in [0.05, 0.1) is 12.3 Å². The Morgan fingerprint density at radius 1 is 1.13 bits per heavy atom. The maximum Gasteiger partial charge on any atom is 0.332 e. The quantitative estimate of drug-likeness (QED) is 0.549. The minimum absolute atomic E-state index is 0.352. The lowest BCUT2D eigenvalue weighted by Crippen LogP contribution is -2.06. The van der Waals surface area contributed by atoms with Crippen molar-refractivity contribution in [2.45, 2.75) is 6.92 Å². The molecule has 2 aromatic carbocycles. The Kier molecular flexibility index (Phi) is 4.43. The largest absolute Gasteiger partial charge is 0.463 e. The first-order valence-corrected chi connectivity index (χ1v) is 7.55. The van der Waals surface area contributed by atoms with E-state index < -0.39 is 0 Å². The summed E-state index contributed by atoms with van der Waals surface area (Å²) in [5.41, 5.74) is 3.60. The number of rotatable bonds is 5. The molecule has 2 N–H and O–H groups in total. The lowest BCUT2D eigenvalue weighted by atomic mass is 10.1. The summed E-state index contributed by atoms with van der Waals surface area (Å²) >= 11 is 0. The Labute approximate surface area is 134 Å². The van der Waals surface area contributed by atoms with Crippen molar-refractivity contribution in [1.29, 1.82) is 0 Å². The molecule has 0 fully saturated rings. The molecule has 0 saturated carbocycles. The third-order valence-electron chi connectivity index (χ3n) is 3.50. The molecule has 3 aromatic rings. The molecular weight excluding hydrogens is 288 g/mol. The van der Waals surface area contributed by atoms with E-state index in [1.54, 1.807) is 6.92 Å². The standard InChI is InChI=1S/C19H18N2O2/c1-2-23-19(22)13-18(14-7-4-3-5-8-14)21-17-10-6-9-16-15(17)11-12-20-16/h3-13,20-21H,2H2,1H3/b18-13+. The minimum Gasteiger partial charge on any atom is -0.463 e. The van der Waals surface area contributed by atoms with E-state index >= 15 is 0 Å². The van der Waals surface area contributed by atoms with Gasteiger partial charge in [0.2, 0.25) is 0 Å². The Bertz CT molecular complexity index is 835. The van der Waals surface area contributed by atoms with E-state index in [1.807, 2.05) is 60.8 Å². The molecule has 0 atom stereocenters. The van der Waals surface area contributed by atoms with Crippen molar-refractivity contribution in [3.8, 4) is 0 Å². The molecule has 116 valence electrons. The number of aromatic amines is 1. The van der Waals surface area contributed by atoms with Gasteiger partial charge in [-0.1, -0.05) is 36.4 Å². The fraction of sp³-hybridized carbons (Fsp3) is 0.105. The number of hydrogen-bond donors (Lipinski definition) is 2. The summed E-state index contributed by atoms with van der Waals surface area (Å²) in [5.74, 6) is -0.361. The van der Waals surface area contributed by atoms with Crippen molar-refractivity contribution in [3.63, 3.8) is 0 Å². The zero-order chi connectivity index (χ0) is 16.1. The molecule has 4 heteroatoms. The first kappa shape index (κ1) is 14.9. The van der Waals surface area contributed by atoms with Crippen LogP contribution in [0.4, 0.5) is 5.69 Å².